The van der Waals surface area contributed by atoms with Crippen molar-refractivity contribution in [3.05, 3.63) is 36.5 Å². The monoisotopic (exact) mass is 1150 g/mol. The van der Waals surface area contributed by atoms with Gasteiger partial charge in [-0.25, -0.2) is 4.57 Å². The topological polar surface area (TPSA) is 134 Å². The molecule has 10 heteroatoms. The number of rotatable bonds is 67. The summed E-state index contributed by atoms with van der Waals surface area (Å²) in [5.74, 6) is -0.813. The van der Waals surface area contributed by atoms with Crippen LogP contribution in [0, 0.1) is 0 Å². The number of allylic oxidation sites excluding steroid dienone is 6. The maximum Gasteiger partial charge on any atom is 0.472 e. The molecule has 0 radical (unpaired) electrons. The van der Waals surface area contributed by atoms with Gasteiger partial charge < -0.3 is 20.1 Å². The van der Waals surface area contributed by atoms with Gasteiger partial charge in [-0.2, -0.15) is 0 Å². The van der Waals surface area contributed by atoms with Gasteiger partial charge in [0.05, 0.1) is 13.2 Å². The molecule has 0 aromatic rings. The van der Waals surface area contributed by atoms with Crippen molar-refractivity contribution in [1.82, 2.24) is 0 Å². The van der Waals surface area contributed by atoms with Gasteiger partial charge in [0.1, 0.15) is 6.61 Å². The van der Waals surface area contributed by atoms with E-state index in [4.69, 9.17) is 24.3 Å². The smallest absolute Gasteiger partial charge is 0.462 e. The molecule has 0 aliphatic rings. The van der Waals surface area contributed by atoms with Gasteiger partial charge in [0.2, 0.25) is 0 Å². The van der Waals surface area contributed by atoms with Crippen molar-refractivity contribution in [2.24, 2.45) is 5.73 Å². The molecule has 0 aromatic heterocycles. The average molecular weight is 1150 g/mol. The Labute approximate surface area is 496 Å². The minimum atomic E-state index is -4.39. The van der Waals surface area contributed by atoms with Crippen molar-refractivity contribution in [3.63, 3.8) is 0 Å². The van der Waals surface area contributed by atoms with Gasteiger partial charge in [-0.05, 0) is 70.6 Å². The predicted octanol–water partition coefficient (Wildman–Crippen LogP) is 22.7. The molecule has 0 fully saturated rings. The van der Waals surface area contributed by atoms with Crippen molar-refractivity contribution < 1.29 is 37.6 Å². The number of phosphoric acid groups is 1. The van der Waals surface area contributed by atoms with E-state index >= 15 is 0 Å². The van der Waals surface area contributed by atoms with Gasteiger partial charge >= 0.3 is 19.8 Å². The van der Waals surface area contributed by atoms with Gasteiger partial charge in [0.25, 0.3) is 0 Å². The van der Waals surface area contributed by atoms with Crippen molar-refractivity contribution in [2.75, 3.05) is 26.4 Å². The van der Waals surface area contributed by atoms with E-state index in [1.807, 2.05) is 0 Å². The molecule has 2 atom stereocenters. The molecule has 0 amide bonds. The summed E-state index contributed by atoms with van der Waals surface area (Å²) >= 11 is 0. The Balaban J connectivity index is 3.73. The summed E-state index contributed by atoms with van der Waals surface area (Å²) in [5, 5.41) is 0. The molecule has 0 aliphatic carbocycles. The second-order valence-electron chi connectivity index (χ2n) is 23.7. The average Bonchev–Trinajstić information content (AvgIpc) is 3.45. The molecule has 0 saturated carbocycles. The van der Waals surface area contributed by atoms with E-state index in [1.165, 1.54) is 295 Å². The quantitative estimate of drug-likeness (QED) is 0.0264. The number of hydrogen-bond donors (Lipinski definition) is 2. The highest BCUT2D eigenvalue weighted by atomic mass is 31.2. The molecule has 3 N–H and O–H groups in total. The van der Waals surface area contributed by atoms with Crippen LogP contribution in [0.2, 0.25) is 0 Å². The van der Waals surface area contributed by atoms with Crippen molar-refractivity contribution >= 4 is 19.8 Å². The molecular formula is C70H134NO8P. The van der Waals surface area contributed by atoms with Crippen molar-refractivity contribution in [3.8, 4) is 0 Å². The fourth-order valence-corrected chi connectivity index (χ4v) is 11.3. The maximum absolute atomic E-state index is 12.7. The van der Waals surface area contributed by atoms with Crippen LogP contribution in [0.25, 0.3) is 0 Å². The van der Waals surface area contributed by atoms with Gasteiger partial charge in [-0.1, -0.05) is 320 Å². The number of nitrogens with two attached hydrogens (primary N) is 1. The predicted molar refractivity (Wildman–Crippen MR) is 344 cm³/mol. The van der Waals surface area contributed by atoms with Crippen molar-refractivity contribution in [2.45, 2.75) is 373 Å². The molecule has 0 aromatic carbocycles. The minimum absolute atomic E-state index is 0.0553. The molecular weight excluding hydrogens is 1010 g/mol. The number of carbonyl (C=O) groups is 2. The van der Waals surface area contributed by atoms with E-state index < -0.39 is 26.5 Å². The van der Waals surface area contributed by atoms with Crippen LogP contribution >= 0.6 is 7.82 Å². The molecule has 0 saturated heterocycles. The van der Waals surface area contributed by atoms with Crippen LogP contribution in [-0.2, 0) is 32.7 Å². The van der Waals surface area contributed by atoms with E-state index in [2.05, 4.69) is 50.3 Å². The first-order chi connectivity index (χ1) is 39.3. The number of esters is 2. The summed E-state index contributed by atoms with van der Waals surface area (Å²) in [4.78, 5) is 35.3. The van der Waals surface area contributed by atoms with Crippen LogP contribution in [-0.4, -0.2) is 49.3 Å². The molecule has 472 valence electrons. The van der Waals surface area contributed by atoms with Crippen LogP contribution < -0.4 is 5.73 Å². The van der Waals surface area contributed by atoms with Gasteiger partial charge in [0, 0.05) is 19.4 Å². The van der Waals surface area contributed by atoms with Crippen LogP contribution in [0.4, 0.5) is 0 Å². The second-order valence-corrected chi connectivity index (χ2v) is 25.2. The Kier molecular flexibility index (Phi) is 64.9. The standard InChI is InChI=1S/C70H134NO8P/c1-3-5-7-9-11-13-15-17-19-21-23-24-25-26-27-28-29-30-31-32-33-34-35-36-37-38-39-40-41-42-43-44-45-47-49-51-53-55-57-59-61-63-70(73)79-68(67-78-80(74,75)77-65-64-71)66-76-69(72)62-60-58-56-54-52-50-48-46-22-20-18-16-14-12-10-8-6-4-2/h15,17,20-23,68H,3-14,16,18-19,24-67,71H2,1-2H3,(H,74,75)/b17-15-,22-20-,23-21-. The third-order valence-corrected chi connectivity index (χ3v) is 16.7. The molecule has 0 spiro atoms. The van der Waals surface area contributed by atoms with E-state index in [1.54, 1.807) is 0 Å². The van der Waals surface area contributed by atoms with E-state index in [0.29, 0.717) is 6.42 Å². The van der Waals surface area contributed by atoms with E-state index in [0.717, 1.165) is 38.5 Å². The highest BCUT2D eigenvalue weighted by molar-refractivity contribution is 7.47. The number of hydrogen-bond acceptors (Lipinski definition) is 8. The van der Waals surface area contributed by atoms with Crippen LogP contribution in [0.15, 0.2) is 36.5 Å². The fraction of sp³-hybridized carbons (Fsp3) is 0.886. The van der Waals surface area contributed by atoms with Crippen LogP contribution in [0.5, 0.6) is 0 Å². The van der Waals surface area contributed by atoms with Crippen LogP contribution in [0.1, 0.15) is 367 Å². The normalized spacial score (nSPS) is 13.1. The largest absolute Gasteiger partial charge is 0.472 e. The summed E-state index contributed by atoms with van der Waals surface area (Å²) in [6.07, 6.45) is 82.6. The molecule has 9 nitrogen and oxygen atoms in total. The summed E-state index contributed by atoms with van der Waals surface area (Å²) in [5.41, 5.74) is 5.39. The molecule has 0 heterocycles. The molecule has 2 unspecified atom stereocenters. The Hall–Kier alpha value is -1.77. The van der Waals surface area contributed by atoms with Crippen LogP contribution in [0.3, 0.4) is 0 Å². The highest BCUT2D eigenvalue weighted by Gasteiger charge is 2.26. The van der Waals surface area contributed by atoms with Gasteiger partial charge in [0.15, 0.2) is 6.10 Å². The maximum atomic E-state index is 12.7. The summed E-state index contributed by atoms with van der Waals surface area (Å²) in [6, 6.07) is 0. The minimum Gasteiger partial charge on any atom is -0.462 e. The Morgan fingerprint density at radius 2 is 0.650 bits per heavy atom. The lowest BCUT2D eigenvalue weighted by molar-refractivity contribution is -0.161. The first-order valence-corrected chi connectivity index (χ1v) is 36.5. The summed E-state index contributed by atoms with van der Waals surface area (Å²) in [7, 11) is -4.39. The lowest BCUT2D eigenvalue weighted by Gasteiger charge is -2.19. The first-order valence-electron chi connectivity index (χ1n) is 35.0. The number of phosphoric ester groups is 1. The number of ether oxygens (including phenoxy) is 2. The third-order valence-electron chi connectivity index (χ3n) is 15.7. The lowest BCUT2D eigenvalue weighted by Crippen LogP contribution is -2.29. The zero-order chi connectivity index (χ0) is 58.0. The zero-order valence-corrected chi connectivity index (χ0v) is 54.0. The van der Waals surface area contributed by atoms with Crippen molar-refractivity contribution in [1.29, 1.82) is 0 Å². The second kappa shape index (κ2) is 66.4. The first kappa shape index (κ1) is 78.2. The molecule has 0 bridgehead atoms. The SMILES string of the molecule is CCCCCCC/C=C\C/C=C\CCCCCCCCCCCCCCCCCCCCCCCCCCCCCCCC(=O)OC(COC(=O)CCCCCCCCC/C=C\CCCCCCCCC)COP(=O)(O)OCCN. The molecule has 0 rings (SSSR count). The molecule has 0 aliphatic heterocycles. The van der Waals surface area contributed by atoms with Gasteiger partial charge in [-0.15, -0.1) is 0 Å². The fourth-order valence-electron chi connectivity index (χ4n) is 10.5. The lowest BCUT2D eigenvalue weighted by atomic mass is 10.0. The Bertz CT molecular complexity index is 1400. The molecule has 80 heavy (non-hydrogen) atoms. The Morgan fingerprint density at radius 1 is 0.375 bits per heavy atom. The Morgan fingerprint density at radius 3 is 0.963 bits per heavy atom. The summed E-state index contributed by atoms with van der Waals surface area (Å²) < 4.78 is 33.1. The highest BCUT2D eigenvalue weighted by Crippen LogP contribution is 2.43. The van der Waals surface area contributed by atoms with E-state index in [9.17, 15) is 19.0 Å². The number of carbonyl (C=O) groups excluding carboxylic acids is 2. The summed E-state index contributed by atoms with van der Waals surface area (Å²) in [6.45, 7) is 3.79. The number of unbranched alkanes of at least 4 members (excludes halogenated alkanes) is 48. The zero-order valence-electron chi connectivity index (χ0n) is 53.1. The third kappa shape index (κ3) is 65.4. The van der Waals surface area contributed by atoms with E-state index in [-0.39, 0.29) is 38.6 Å². The van der Waals surface area contributed by atoms with Gasteiger partial charge in [-0.3, -0.25) is 18.6 Å².